The van der Waals surface area contributed by atoms with Crippen LogP contribution in [0.1, 0.15) is 16.1 Å². The molecule has 1 atom stereocenters. The number of morpholine rings is 1. The van der Waals surface area contributed by atoms with E-state index < -0.39 is 6.10 Å². The molecule has 0 spiro atoms. The van der Waals surface area contributed by atoms with Crippen molar-refractivity contribution in [3.05, 3.63) is 35.8 Å². The number of hydrogen-bond donors (Lipinski definition) is 1. The summed E-state index contributed by atoms with van der Waals surface area (Å²) >= 11 is 0. The first-order valence-electron chi connectivity index (χ1n) is 6.33. The fraction of sp³-hybridized carbons (Fsp3) is 0.357. The Morgan fingerprint density at radius 1 is 1.53 bits per heavy atom. The molecule has 1 fully saturated rings. The van der Waals surface area contributed by atoms with Crippen LogP contribution in [-0.2, 0) is 4.74 Å². The Bertz CT molecular complexity index is 621. The van der Waals surface area contributed by atoms with Gasteiger partial charge in [0.1, 0.15) is 6.10 Å². The second-order valence-electron chi connectivity index (χ2n) is 4.62. The van der Waals surface area contributed by atoms with Gasteiger partial charge in [0.15, 0.2) is 5.78 Å². The van der Waals surface area contributed by atoms with Gasteiger partial charge in [0.25, 0.3) is 0 Å². The number of aromatic nitrogens is 2. The number of Topliss-reactive ketones (excluding diaryl/α,β-unsaturated/α-hetero) is 1. The molecule has 1 saturated heterocycles. The largest absolute Gasteiger partial charge is 0.367 e. The number of hydrogen-bond acceptors (Lipinski definition) is 5. The monoisotopic (exact) mass is 257 g/mol. The quantitative estimate of drug-likeness (QED) is 0.816. The molecule has 1 N–H and O–H groups in total. The molecule has 0 bridgehead atoms. The van der Waals surface area contributed by atoms with Crippen molar-refractivity contribution >= 4 is 16.7 Å². The summed E-state index contributed by atoms with van der Waals surface area (Å²) in [4.78, 5) is 21.0. The van der Waals surface area contributed by atoms with Gasteiger partial charge >= 0.3 is 0 Å². The normalized spacial score (nSPS) is 19.5. The minimum atomic E-state index is -0.414. The first kappa shape index (κ1) is 12.2. The highest BCUT2D eigenvalue weighted by atomic mass is 16.5. The topological polar surface area (TPSA) is 64.1 Å². The van der Waals surface area contributed by atoms with Gasteiger partial charge < -0.3 is 10.1 Å². The van der Waals surface area contributed by atoms with E-state index in [0.717, 1.165) is 23.1 Å². The van der Waals surface area contributed by atoms with Crippen molar-refractivity contribution in [1.29, 1.82) is 0 Å². The molecule has 1 aliphatic rings. The molecule has 19 heavy (non-hydrogen) atoms. The van der Waals surface area contributed by atoms with Crippen LogP contribution in [0.5, 0.6) is 0 Å². The standard InChI is InChI=1S/C14H15N3O2/c1-9-11(14(18)13-8-16-4-5-19-13)6-10-7-15-3-2-12(10)17-9/h2-3,6-7,13,16H,4-5,8H2,1H3. The summed E-state index contributed by atoms with van der Waals surface area (Å²) in [7, 11) is 0. The van der Waals surface area contributed by atoms with Gasteiger partial charge in [-0.3, -0.25) is 14.8 Å². The number of fused-ring (bicyclic) bond motifs is 1. The molecule has 2 aromatic rings. The Balaban J connectivity index is 1.99. The van der Waals surface area contributed by atoms with E-state index in [1.807, 2.05) is 19.1 Å². The lowest BCUT2D eigenvalue weighted by Crippen LogP contribution is -2.43. The van der Waals surface area contributed by atoms with Crippen molar-refractivity contribution in [2.24, 2.45) is 0 Å². The maximum absolute atomic E-state index is 12.4. The van der Waals surface area contributed by atoms with Crippen LogP contribution in [-0.4, -0.2) is 41.6 Å². The highest BCUT2D eigenvalue weighted by Gasteiger charge is 2.25. The van der Waals surface area contributed by atoms with E-state index in [9.17, 15) is 4.79 Å². The maximum Gasteiger partial charge on any atom is 0.194 e. The summed E-state index contributed by atoms with van der Waals surface area (Å²) in [5, 5.41) is 4.04. The fourth-order valence-corrected chi connectivity index (χ4v) is 2.27. The predicted octanol–water partition coefficient (Wildman–Crippen LogP) is 1.11. The number of ketones is 1. The lowest BCUT2D eigenvalue weighted by atomic mass is 10.0. The molecular weight excluding hydrogens is 242 g/mol. The lowest BCUT2D eigenvalue weighted by Gasteiger charge is -2.23. The Labute approximate surface area is 111 Å². The minimum Gasteiger partial charge on any atom is -0.367 e. The van der Waals surface area contributed by atoms with Gasteiger partial charge in [0, 0.05) is 42.1 Å². The summed E-state index contributed by atoms with van der Waals surface area (Å²) in [5.74, 6) is -0.0112. The van der Waals surface area contributed by atoms with E-state index in [4.69, 9.17) is 4.74 Å². The zero-order chi connectivity index (χ0) is 13.2. The zero-order valence-corrected chi connectivity index (χ0v) is 10.7. The third-order valence-corrected chi connectivity index (χ3v) is 3.29. The summed E-state index contributed by atoms with van der Waals surface area (Å²) in [5.41, 5.74) is 2.21. The van der Waals surface area contributed by atoms with Gasteiger partial charge in [-0.1, -0.05) is 0 Å². The van der Waals surface area contributed by atoms with Gasteiger partial charge in [0.2, 0.25) is 0 Å². The van der Waals surface area contributed by atoms with Gasteiger partial charge in [-0.2, -0.15) is 0 Å². The third-order valence-electron chi connectivity index (χ3n) is 3.29. The zero-order valence-electron chi connectivity index (χ0n) is 10.7. The molecular formula is C14H15N3O2. The molecule has 1 unspecified atom stereocenters. The molecule has 0 aromatic carbocycles. The van der Waals surface area contributed by atoms with Crippen molar-refractivity contribution in [3.8, 4) is 0 Å². The van der Waals surface area contributed by atoms with Crippen LogP contribution in [0.4, 0.5) is 0 Å². The maximum atomic E-state index is 12.4. The summed E-state index contributed by atoms with van der Waals surface area (Å²) in [6, 6.07) is 3.69. The third kappa shape index (κ3) is 2.34. The van der Waals surface area contributed by atoms with Crippen molar-refractivity contribution in [2.75, 3.05) is 19.7 Å². The minimum absolute atomic E-state index is 0.0112. The van der Waals surface area contributed by atoms with Crippen LogP contribution in [0.15, 0.2) is 24.5 Å². The Morgan fingerprint density at radius 3 is 3.21 bits per heavy atom. The second-order valence-corrected chi connectivity index (χ2v) is 4.62. The SMILES string of the molecule is Cc1nc2ccncc2cc1C(=O)C1CNCCO1. The van der Waals surface area contributed by atoms with Crippen LogP contribution in [0, 0.1) is 6.92 Å². The molecule has 3 heterocycles. The number of aryl methyl sites for hydroxylation is 1. The smallest absolute Gasteiger partial charge is 0.194 e. The number of ether oxygens (including phenoxy) is 1. The molecule has 5 nitrogen and oxygen atoms in total. The van der Waals surface area contributed by atoms with E-state index in [2.05, 4.69) is 15.3 Å². The summed E-state index contributed by atoms with van der Waals surface area (Å²) in [6.07, 6.45) is 3.01. The van der Waals surface area contributed by atoms with E-state index in [1.54, 1.807) is 12.4 Å². The highest BCUT2D eigenvalue weighted by Crippen LogP contribution is 2.18. The van der Waals surface area contributed by atoms with Crippen LogP contribution < -0.4 is 5.32 Å². The molecule has 5 heteroatoms. The molecule has 0 saturated carbocycles. The molecule has 2 aromatic heterocycles. The average Bonchev–Trinajstić information content (AvgIpc) is 2.47. The highest BCUT2D eigenvalue weighted by molar-refractivity contribution is 6.02. The number of rotatable bonds is 2. The van der Waals surface area contributed by atoms with Crippen molar-refractivity contribution < 1.29 is 9.53 Å². The Morgan fingerprint density at radius 2 is 2.42 bits per heavy atom. The summed E-state index contributed by atoms with van der Waals surface area (Å²) in [6.45, 7) is 3.77. The van der Waals surface area contributed by atoms with Crippen molar-refractivity contribution in [1.82, 2.24) is 15.3 Å². The number of carbonyl (C=O) groups excluding carboxylic acids is 1. The molecule has 0 amide bonds. The van der Waals surface area contributed by atoms with E-state index in [-0.39, 0.29) is 5.78 Å². The predicted molar refractivity (Wildman–Crippen MR) is 71.2 cm³/mol. The lowest BCUT2D eigenvalue weighted by molar-refractivity contribution is 0.0268. The number of nitrogens with one attached hydrogen (secondary N) is 1. The van der Waals surface area contributed by atoms with Gasteiger partial charge in [-0.15, -0.1) is 0 Å². The number of nitrogens with zero attached hydrogens (tertiary/aromatic N) is 2. The van der Waals surface area contributed by atoms with E-state index in [0.29, 0.717) is 18.7 Å². The first-order valence-corrected chi connectivity index (χ1v) is 6.33. The number of carbonyl (C=O) groups is 1. The number of pyridine rings is 2. The first-order chi connectivity index (χ1) is 9.25. The van der Waals surface area contributed by atoms with Crippen LogP contribution >= 0.6 is 0 Å². The molecule has 0 radical (unpaired) electrons. The van der Waals surface area contributed by atoms with Crippen LogP contribution in [0.3, 0.4) is 0 Å². The van der Waals surface area contributed by atoms with Gasteiger partial charge in [-0.25, -0.2) is 0 Å². The average molecular weight is 257 g/mol. The summed E-state index contributed by atoms with van der Waals surface area (Å²) < 4.78 is 5.51. The van der Waals surface area contributed by atoms with Crippen molar-refractivity contribution in [2.45, 2.75) is 13.0 Å². The van der Waals surface area contributed by atoms with Crippen LogP contribution in [0.25, 0.3) is 10.9 Å². The molecule has 1 aliphatic heterocycles. The molecule has 0 aliphatic carbocycles. The van der Waals surface area contributed by atoms with Gasteiger partial charge in [-0.05, 0) is 19.1 Å². The van der Waals surface area contributed by atoms with Gasteiger partial charge in [0.05, 0.1) is 12.1 Å². The van der Waals surface area contributed by atoms with Crippen LogP contribution in [0.2, 0.25) is 0 Å². The Kier molecular flexibility index (Phi) is 3.23. The molecule has 98 valence electrons. The van der Waals surface area contributed by atoms with E-state index in [1.165, 1.54) is 0 Å². The Hall–Kier alpha value is -1.85. The van der Waals surface area contributed by atoms with Crippen molar-refractivity contribution in [3.63, 3.8) is 0 Å². The molecule has 3 rings (SSSR count). The second kappa shape index (κ2) is 5.03. The van der Waals surface area contributed by atoms with E-state index >= 15 is 0 Å². The fourth-order valence-electron chi connectivity index (χ4n) is 2.27.